The van der Waals surface area contributed by atoms with Gasteiger partial charge in [-0.15, -0.1) is 0 Å². The van der Waals surface area contributed by atoms with Crippen molar-refractivity contribution in [3.63, 3.8) is 0 Å². The molecule has 6 heteroatoms. The third-order valence-corrected chi connectivity index (χ3v) is 3.48. The van der Waals surface area contributed by atoms with Gasteiger partial charge in [0.15, 0.2) is 5.78 Å². The Morgan fingerprint density at radius 1 is 1.25 bits per heavy atom. The molecular weight excluding hydrogens is 297 g/mol. The van der Waals surface area contributed by atoms with Crippen molar-refractivity contribution in [1.29, 1.82) is 0 Å². The van der Waals surface area contributed by atoms with Gasteiger partial charge in [0.25, 0.3) is 0 Å². The summed E-state index contributed by atoms with van der Waals surface area (Å²) in [7, 11) is 0. The largest absolute Gasteiger partial charge is 0.399 e. The standard InChI is InChI=1S/C14H9Cl2N3O/c15-8-3-7(4-9(17)5-8)13(20)10-6-19-14-12(10)11(16)1-2-18-14/h1-6H,17H2,(H,18,19). The predicted molar refractivity (Wildman–Crippen MR) is 80.4 cm³/mol. The second-order valence-electron chi connectivity index (χ2n) is 4.32. The summed E-state index contributed by atoms with van der Waals surface area (Å²) in [5.41, 5.74) is 7.57. The number of hydrogen-bond donors (Lipinski definition) is 2. The average molecular weight is 306 g/mol. The van der Waals surface area contributed by atoms with E-state index in [1.807, 2.05) is 0 Å². The zero-order valence-corrected chi connectivity index (χ0v) is 11.7. The van der Waals surface area contributed by atoms with E-state index in [-0.39, 0.29) is 5.78 Å². The third kappa shape index (κ3) is 2.13. The van der Waals surface area contributed by atoms with Crippen LogP contribution in [0.25, 0.3) is 11.0 Å². The molecule has 0 aliphatic carbocycles. The van der Waals surface area contributed by atoms with Crippen LogP contribution in [-0.2, 0) is 0 Å². The van der Waals surface area contributed by atoms with Crippen LogP contribution in [0.5, 0.6) is 0 Å². The third-order valence-electron chi connectivity index (χ3n) is 2.95. The van der Waals surface area contributed by atoms with Gasteiger partial charge < -0.3 is 10.7 Å². The second kappa shape index (κ2) is 4.81. The van der Waals surface area contributed by atoms with Crippen LogP contribution >= 0.6 is 23.2 Å². The number of pyridine rings is 1. The van der Waals surface area contributed by atoms with Gasteiger partial charge in [-0.2, -0.15) is 0 Å². The number of nitrogens with zero attached hydrogens (tertiary/aromatic N) is 1. The molecule has 2 aromatic heterocycles. The molecule has 2 heterocycles. The lowest BCUT2D eigenvalue weighted by Crippen LogP contribution is -2.02. The number of aromatic amines is 1. The molecule has 3 rings (SSSR count). The number of benzene rings is 1. The van der Waals surface area contributed by atoms with Gasteiger partial charge in [0.2, 0.25) is 0 Å². The lowest BCUT2D eigenvalue weighted by Gasteiger charge is -2.03. The molecule has 0 atom stereocenters. The number of fused-ring (bicyclic) bond motifs is 1. The number of ketones is 1. The van der Waals surface area contributed by atoms with Crippen LogP contribution in [0.3, 0.4) is 0 Å². The van der Waals surface area contributed by atoms with Crippen molar-refractivity contribution in [2.75, 3.05) is 5.73 Å². The zero-order chi connectivity index (χ0) is 14.3. The molecule has 0 saturated heterocycles. The molecule has 1 aromatic carbocycles. The Labute approximate surface area is 124 Å². The molecule has 0 aliphatic heterocycles. The number of nitrogens with one attached hydrogen (secondary N) is 1. The van der Waals surface area contributed by atoms with Crippen LogP contribution in [0, 0.1) is 0 Å². The Morgan fingerprint density at radius 2 is 2.05 bits per heavy atom. The summed E-state index contributed by atoms with van der Waals surface area (Å²) < 4.78 is 0. The Bertz CT molecular complexity index is 806. The number of nitrogens with two attached hydrogens (primary N) is 1. The fraction of sp³-hybridized carbons (Fsp3) is 0. The van der Waals surface area contributed by atoms with Gasteiger partial charge in [-0.1, -0.05) is 23.2 Å². The Morgan fingerprint density at radius 3 is 2.80 bits per heavy atom. The Hall–Kier alpha value is -2.04. The number of carbonyl (C=O) groups is 1. The SMILES string of the molecule is Nc1cc(Cl)cc(C(=O)c2c[nH]c3nccc(Cl)c23)c1. The van der Waals surface area contributed by atoms with E-state index in [9.17, 15) is 4.79 Å². The molecule has 0 radical (unpaired) electrons. The van der Waals surface area contributed by atoms with Gasteiger partial charge in [-0.3, -0.25) is 4.79 Å². The summed E-state index contributed by atoms with van der Waals surface area (Å²) in [5, 5.41) is 1.48. The highest BCUT2D eigenvalue weighted by atomic mass is 35.5. The van der Waals surface area contributed by atoms with Crippen LogP contribution in [0.1, 0.15) is 15.9 Å². The van der Waals surface area contributed by atoms with E-state index in [1.54, 1.807) is 36.7 Å². The molecule has 100 valence electrons. The van der Waals surface area contributed by atoms with Crippen molar-refractivity contribution in [3.05, 3.63) is 57.8 Å². The normalized spacial score (nSPS) is 10.9. The van der Waals surface area contributed by atoms with E-state index >= 15 is 0 Å². The number of halogens is 2. The highest BCUT2D eigenvalue weighted by molar-refractivity contribution is 6.37. The van der Waals surface area contributed by atoms with E-state index in [4.69, 9.17) is 28.9 Å². The van der Waals surface area contributed by atoms with E-state index in [0.29, 0.717) is 37.9 Å². The number of rotatable bonds is 2. The summed E-state index contributed by atoms with van der Waals surface area (Å²) in [6, 6.07) is 6.38. The molecule has 0 unspecified atom stereocenters. The van der Waals surface area contributed by atoms with Gasteiger partial charge >= 0.3 is 0 Å². The van der Waals surface area contributed by atoms with Crippen molar-refractivity contribution in [2.45, 2.75) is 0 Å². The lowest BCUT2D eigenvalue weighted by molar-refractivity contribution is 0.104. The highest BCUT2D eigenvalue weighted by Crippen LogP contribution is 2.28. The van der Waals surface area contributed by atoms with Crippen LogP contribution in [0.15, 0.2) is 36.7 Å². The van der Waals surface area contributed by atoms with E-state index in [2.05, 4.69) is 9.97 Å². The summed E-state index contributed by atoms with van der Waals surface area (Å²) in [4.78, 5) is 19.6. The van der Waals surface area contributed by atoms with E-state index in [1.165, 1.54) is 0 Å². The molecule has 0 bridgehead atoms. The molecular formula is C14H9Cl2N3O. The van der Waals surface area contributed by atoms with Crippen LogP contribution in [0.4, 0.5) is 5.69 Å². The minimum atomic E-state index is -0.208. The monoisotopic (exact) mass is 305 g/mol. The van der Waals surface area contributed by atoms with Gasteiger partial charge in [-0.25, -0.2) is 4.98 Å². The van der Waals surface area contributed by atoms with Crippen molar-refractivity contribution in [3.8, 4) is 0 Å². The summed E-state index contributed by atoms with van der Waals surface area (Å²) in [6.07, 6.45) is 3.16. The maximum absolute atomic E-state index is 12.6. The first-order valence-corrected chi connectivity index (χ1v) is 6.54. The van der Waals surface area contributed by atoms with Gasteiger partial charge in [0.05, 0.1) is 10.6 Å². The maximum Gasteiger partial charge on any atom is 0.195 e. The molecule has 3 N–H and O–H groups in total. The summed E-state index contributed by atoms with van der Waals surface area (Å²) in [6.45, 7) is 0. The fourth-order valence-corrected chi connectivity index (χ4v) is 2.59. The first-order chi connectivity index (χ1) is 9.56. The van der Waals surface area contributed by atoms with Crippen molar-refractivity contribution in [2.24, 2.45) is 0 Å². The quantitative estimate of drug-likeness (QED) is 0.560. The molecule has 3 aromatic rings. The Balaban J connectivity index is 2.18. The molecule has 20 heavy (non-hydrogen) atoms. The van der Waals surface area contributed by atoms with E-state index in [0.717, 1.165) is 0 Å². The van der Waals surface area contributed by atoms with Crippen molar-refractivity contribution in [1.82, 2.24) is 9.97 Å². The number of anilines is 1. The van der Waals surface area contributed by atoms with Gasteiger partial charge in [-0.05, 0) is 24.3 Å². The zero-order valence-electron chi connectivity index (χ0n) is 10.2. The minimum Gasteiger partial charge on any atom is -0.399 e. The lowest BCUT2D eigenvalue weighted by atomic mass is 10.0. The highest BCUT2D eigenvalue weighted by Gasteiger charge is 2.17. The number of hydrogen-bond acceptors (Lipinski definition) is 3. The van der Waals surface area contributed by atoms with Crippen LogP contribution in [-0.4, -0.2) is 15.8 Å². The fourth-order valence-electron chi connectivity index (χ4n) is 2.09. The second-order valence-corrected chi connectivity index (χ2v) is 5.16. The number of carbonyl (C=O) groups excluding carboxylic acids is 1. The predicted octanol–water partition coefficient (Wildman–Crippen LogP) is 3.68. The molecule has 0 saturated carbocycles. The minimum absolute atomic E-state index is 0.208. The molecule has 0 spiro atoms. The van der Waals surface area contributed by atoms with Crippen molar-refractivity contribution >= 4 is 45.7 Å². The molecule has 0 fully saturated rings. The van der Waals surface area contributed by atoms with E-state index < -0.39 is 0 Å². The van der Waals surface area contributed by atoms with Crippen LogP contribution < -0.4 is 5.73 Å². The topological polar surface area (TPSA) is 71.8 Å². The van der Waals surface area contributed by atoms with Gasteiger partial charge in [0, 0.05) is 34.1 Å². The van der Waals surface area contributed by atoms with Crippen LogP contribution in [0.2, 0.25) is 10.0 Å². The average Bonchev–Trinajstić information content (AvgIpc) is 2.82. The number of H-pyrrole nitrogens is 1. The first-order valence-electron chi connectivity index (χ1n) is 5.78. The smallest absolute Gasteiger partial charge is 0.195 e. The molecule has 0 aliphatic rings. The Kier molecular flexibility index (Phi) is 3.12. The van der Waals surface area contributed by atoms with Crippen molar-refractivity contribution < 1.29 is 4.79 Å². The number of aromatic nitrogens is 2. The maximum atomic E-state index is 12.6. The summed E-state index contributed by atoms with van der Waals surface area (Å²) >= 11 is 12.1. The first kappa shape index (κ1) is 13.0. The van der Waals surface area contributed by atoms with Gasteiger partial charge in [0.1, 0.15) is 5.65 Å². The molecule has 0 amide bonds. The summed E-state index contributed by atoms with van der Waals surface area (Å²) in [5.74, 6) is -0.208. The number of nitrogen functional groups attached to an aromatic ring is 1. The molecule has 4 nitrogen and oxygen atoms in total.